The highest BCUT2D eigenvalue weighted by molar-refractivity contribution is 9.10. The molecule has 0 spiro atoms. The molecular weight excluding hydrogens is 272 g/mol. The third-order valence-corrected chi connectivity index (χ3v) is 2.19. The van der Waals surface area contributed by atoms with Crippen LogP contribution in [0, 0.1) is 22.7 Å². The van der Waals surface area contributed by atoms with Crippen LogP contribution in [0.3, 0.4) is 0 Å². The zero-order valence-electron chi connectivity index (χ0n) is 8.22. The molecule has 0 aliphatic rings. The second kappa shape index (κ2) is 5.84. The van der Waals surface area contributed by atoms with Gasteiger partial charge in [-0.2, -0.15) is 10.5 Å². The summed E-state index contributed by atoms with van der Waals surface area (Å²) < 4.78 is 0.534. The molecule has 1 rings (SSSR count). The molecule has 0 radical (unpaired) electrons. The maximum absolute atomic E-state index is 11.8. The molecule has 6 heteroatoms. The average Bonchev–Trinajstić information content (AvgIpc) is 2.28. The fourth-order valence-corrected chi connectivity index (χ4v) is 1.40. The molecule has 0 saturated heterocycles. The van der Waals surface area contributed by atoms with E-state index in [1.165, 1.54) is 6.07 Å². The number of nitriles is 2. The Morgan fingerprint density at radius 3 is 2.50 bits per heavy atom. The third kappa shape index (κ3) is 3.04. The van der Waals surface area contributed by atoms with Gasteiger partial charge in [0.25, 0.3) is 5.91 Å². The SMILES string of the molecule is N#CCN(CC#N)C(=O)c1cccc(Br)n1. The van der Waals surface area contributed by atoms with E-state index in [2.05, 4.69) is 20.9 Å². The number of hydrogen-bond donors (Lipinski definition) is 0. The fraction of sp³-hybridized carbons (Fsp3) is 0.200. The van der Waals surface area contributed by atoms with Crippen molar-refractivity contribution in [1.29, 1.82) is 10.5 Å². The summed E-state index contributed by atoms with van der Waals surface area (Å²) in [4.78, 5) is 16.9. The van der Waals surface area contributed by atoms with Crippen molar-refractivity contribution in [2.75, 3.05) is 13.1 Å². The maximum Gasteiger partial charge on any atom is 0.274 e. The smallest absolute Gasteiger partial charge is 0.274 e. The number of pyridine rings is 1. The largest absolute Gasteiger partial charge is 0.311 e. The van der Waals surface area contributed by atoms with Gasteiger partial charge in [0.1, 0.15) is 23.4 Å². The van der Waals surface area contributed by atoms with E-state index < -0.39 is 5.91 Å². The maximum atomic E-state index is 11.8. The minimum atomic E-state index is -0.426. The van der Waals surface area contributed by atoms with Crippen LogP contribution in [0.2, 0.25) is 0 Å². The Bertz CT molecular complexity index is 458. The van der Waals surface area contributed by atoms with Gasteiger partial charge in [0, 0.05) is 0 Å². The first-order valence-electron chi connectivity index (χ1n) is 4.34. The number of rotatable bonds is 3. The van der Waals surface area contributed by atoms with Crippen LogP contribution in [0.25, 0.3) is 0 Å². The van der Waals surface area contributed by atoms with Crippen LogP contribution in [-0.2, 0) is 0 Å². The summed E-state index contributed by atoms with van der Waals surface area (Å²) in [7, 11) is 0. The van der Waals surface area contributed by atoms with Crippen molar-refractivity contribution in [2.24, 2.45) is 0 Å². The van der Waals surface area contributed by atoms with Crippen LogP contribution < -0.4 is 0 Å². The Hall–Kier alpha value is -1.92. The molecule has 0 bridgehead atoms. The van der Waals surface area contributed by atoms with Gasteiger partial charge in [-0.3, -0.25) is 4.79 Å². The molecule has 1 heterocycles. The lowest BCUT2D eigenvalue weighted by Crippen LogP contribution is -2.32. The number of aromatic nitrogens is 1. The van der Waals surface area contributed by atoms with Gasteiger partial charge in [-0.1, -0.05) is 6.07 Å². The van der Waals surface area contributed by atoms with Gasteiger partial charge in [0.2, 0.25) is 0 Å². The molecular formula is C10H7BrN4O. The summed E-state index contributed by atoms with van der Waals surface area (Å²) in [5.74, 6) is -0.426. The molecule has 1 aromatic heterocycles. The van der Waals surface area contributed by atoms with Crippen molar-refractivity contribution in [2.45, 2.75) is 0 Å². The molecule has 80 valence electrons. The molecule has 0 N–H and O–H groups in total. The van der Waals surface area contributed by atoms with E-state index in [0.29, 0.717) is 4.60 Å². The zero-order chi connectivity index (χ0) is 12.0. The van der Waals surface area contributed by atoms with Gasteiger partial charge in [-0.05, 0) is 28.1 Å². The zero-order valence-corrected chi connectivity index (χ0v) is 9.81. The van der Waals surface area contributed by atoms with Crippen LogP contribution in [0.4, 0.5) is 0 Å². The molecule has 0 atom stereocenters. The lowest BCUT2D eigenvalue weighted by atomic mass is 10.3. The van der Waals surface area contributed by atoms with Crippen LogP contribution in [0.1, 0.15) is 10.5 Å². The van der Waals surface area contributed by atoms with Crippen LogP contribution in [0.15, 0.2) is 22.8 Å². The van der Waals surface area contributed by atoms with Crippen LogP contribution in [0.5, 0.6) is 0 Å². The Balaban J connectivity index is 2.91. The van der Waals surface area contributed by atoms with Crippen molar-refractivity contribution >= 4 is 21.8 Å². The second-order valence-electron chi connectivity index (χ2n) is 2.82. The second-order valence-corrected chi connectivity index (χ2v) is 3.64. The molecule has 0 fully saturated rings. The highest BCUT2D eigenvalue weighted by Gasteiger charge is 2.16. The predicted molar refractivity (Wildman–Crippen MR) is 59.1 cm³/mol. The van der Waals surface area contributed by atoms with E-state index in [4.69, 9.17) is 10.5 Å². The van der Waals surface area contributed by atoms with E-state index >= 15 is 0 Å². The highest BCUT2D eigenvalue weighted by Crippen LogP contribution is 2.08. The van der Waals surface area contributed by atoms with E-state index in [1.54, 1.807) is 12.1 Å². The normalized spacial score (nSPS) is 8.94. The number of amides is 1. The van der Waals surface area contributed by atoms with Gasteiger partial charge in [-0.25, -0.2) is 4.98 Å². The average molecular weight is 279 g/mol. The van der Waals surface area contributed by atoms with Gasteiger partial charge in [0.05, 0.1) is 12.1 Å². The standard InChI is InChI=1S/C10H7BrN4O/c11-9-3-1-2-8(14-9)10(16)15(6-4-12)7-5-13/h1-3H,6-7H2. The topological polar surface area (TPSA) is 80.8 Å². The predicted octanol–water partition coefficient (Wildman–Crippen LogP) is 1.33. The Morgan fingerprint density at radius 1 is 1.38 bits per heavy atom. The molecule has 0 aliphatic heterocycles. The first-order chi connectivity index (χ1) is 7.69. The van der Waals surface area contributed by atoms with Gasteiger partial charge in [-0.15, -0.1) is 0 Å². The van der Waals surface area contributed by atoms with Crippen molar-refractivity contribution in [3.05, 3.63) is 28.5 Å². The van der Waals surface area contributed by atoms with Gasteiger partial charge < -0.3 is 4.90 Å². The van der Waals surface area contributed by atoms with Crippen molar-refractivity contribution in [3.63, 3.8) is 0 Å². The summed E-state index contributed by atoms with van der Waals surface area (Å²) in [6.45, 7) is -0.249. The van der Waals surface area contributed by atoms with Gasteiger partial charge >= 0.3 is 0 Å². The highest BCUT2D eigenvalue weighted by atomic mass is 79.9. The fourth-order valence-electron chi connectivity index (χ4n) is 1.06. The summed E-state index contributed by atoms with van der Waals surface area (Å²) in [5, 5.41) is 17.1. The first kappa shape index (κ1) is 12.2. The molecule has 0 saturated carbocycles. The summed E-state index contributed by atoms with van der Waals surface area (Å²) in [5.41, 5.74) is 0.208. The van der Waals surface area contributed by atoms with Crippen molar-refractivity contribution in [1.82, 2.24) is 9.88 Å². The molecule has 16 heavy (non-hydrogen) atoms. The molecule has 1 aromatic rings. The van der Waals surface area contributed by atoms with Gasteiger partial charge in [0.15, 0.2) is 0 Å². The minimum absolute atomic E-state index is 0.124. The van der Waals surface area contributed by atoms with E-state index in [0.717, 1.165) is 4.90 Å². The Morgan fingerprint density at radius 2 is 2.00 bits per heavy atom. The van der Waals surface area contributed by atoms with Crippen LogP contribution in [-0.4, -0.2) is 28.9 Å². The Kier molecular flexibility index (Phi) is 4.43. The van der Waals surface area contributed by atoms with E-state index in [1.807, 2.05) is 12.1 Å². The number of carbonyl (C=O) groups excluding carboxylic acids is 1. The first-order valence-corrected chi connectivity index (χ1v) is 5.14. The van der Waals surface area contributed by atoms with Crippen molar-refractivity contribution < 1.29 is 4.79 Å². The lowest BCUT2D eigenvalue weighted by Gasteiger charge is -2.14. The number of halogens is 1. The molecule has 0 aliphatic carbocycles. The molecule has 1 amide bonds. The Labute approximate surface area is 101 Å². The van der Waals surface area contributed by atoms with E-state index in [-0.39, 0.29) is 18.8 Å². The third-order valence-electron chi connectivity index (χ3n) is 1.74. The molecule has 0 unspecified atom stereocenters. The monoisotopic (exact) mass is 278 g/mol. The summed E-state index contributed by atoms with van der Waals surface area (Å²) >= 11 is 3.15. The van der Waals surface area contributed by atoms with E-state index in [9.17, 15) is 4.79 Å². The number of nitrogens with zero attached hydrogens (tertiary/aromatic N) is 4. The lowest BCUT2D eigenvalue weighted by molar-refractivity contribution is 0.0789. The summed E-state index contributed by atoms with van der Waals surface area (Å²) in [6, 6.07) is 8.56. The molecule has 5 nitrogen and oxygen atoms in total. The minimum Gasteiger partial charge on any atom is -0.311 e. The molecule has 0 aromatic carbocycles. The van der Waals surface area contributed by atoms with Crippen molar-refractivity contribution in [3.8, 4) is 12.1 Å². The van der Waals surface area contributed by atoms with Crippen LogP contribution >= 0.6 is 15.9 Å². The quantitative estimate of drug-likeness (QED) is 0.617. The number of hydrogen-bond acceptors (Lipinski definition) is 4. The summed E-state index contributed by atoms with van der Waals surface area (Å²) in [6.07, 6.45) is 0. The number of carbonyl (C=O) groups is 1.